The Bertz CT molecular complexity index is 699. The van der Waals surface area contributed by atoms with E-state index in [1.165, 1.54) is 12.1 Å². The molecule has 1 aromatic carbocycles. The molecule has 0 aliphatic rings. The van der Waals surface area contributed by atoms with Gasteiger partial charge in [0, 0.05) is 17.8 Å². The van der Waals surface area contributed by atoms with Gasteiger partial charge in [-0.15, -0.1) is 0 Å². The van der Waals surface area contributed by atoms with Gasteiger partial charge in [0.05, 0.1) is 17.3 Å². The van der Waals surface area contributed by atoms with Crippen LogP contribution >= 0.6 is 0 Å². The van der Waals surface area contributed by atoms with Crippen LogP contribution in [0.15, 0.2) is 30.5 Å². The normalized spacial score (nSPS) is 11.5. The van der Waals surface area contributed by atoms with Gasteiger partial charge < -0.3 is 4.74 Å². The number of alkyl halides is 3. The van der Waals surface area contributed by atoms with Crippen molar-refractivity contribution in [2.24, 2.45) is 0 Å². The minimum atomic E-state index is -4.45. The summed E-state index contributed by atoms with van der Waals surface area (Å²) in [5.74, 6) is 0.0128. The number of rotatable bonds is 4. The van der Waals surface area contributed by atoms with Crippen molar-refractivity contribution in [3.05, 3.63) is 36.0 Å². The van der Waals surface area contributed by atoms with E-state index in [-0.39, 0.29) is 17.4 Å². The number of aromatic nitrogens is 2. The molecule has 0 unspecified atom stereocenters. The molecule has 116 valence electrons. The van der Waals surface area contributed by atoms with Gasteiger partial charge in [0.1, 0.15) is 5.75 Å². The first kappa shape index (κ1) is 15.9. The number of ether oxygens (including phenoxy) is 1. The lowest BCUT2D eigenvalue weighted by atomic mass is 10.1. The molecule has 0 amide bonds. The third-order valence-electron chi connectivity index (χ3n) is 2.94. The quantitative estimate of drug-likeness (QED) is 0.859. The highest BCUT2D eigenvalue weighted by Crippen LogP contribution is 2.33. The Hall–Kier alpha value is -2.49. The van der Waals surface area contributed by atoms with Crippen LogP contribution in [0.5, 0.6) is 5.75 Å². The topological polar surface area (TPSA) is 50.8 Å². The summed E-state index contributed by atoms with van der Waals surface area (Å²) in [5.41, 5.74) is 1.34. The number of nitriles is 1. The Morgan fingerprint density at radius 3 is 2.64 bits per heavy atom. The largest absolute Gasteiger partial charge is 0.483 e. The molecule has 1 aromatic heterocycles. The number of hydrogen-bond acceptors (Lipinski definition) is 3. The molecule has 0 aliphatic carbocycles. The van der Waals surface area contributed by atoms with E-state index >= 15 is 0 Å². The zero-order valence-electron chi connectivity index (χ0n) is 12.1. The molecule has 0 fully saturated rings. The lowest BCUT2D eigenvalue weighted by molar-refractivity contribution is -0.153. The van der Waals surface area contributed by atoms with E-state index in [0.717, 1.165) is 0 Å². The molecular weight excluding hydrogens is 295 g/mol. The molecule has 0 N–H and O–H groups in total. The van der Waals surface area contributed by atoms with Crippen molar-refractivity contribution in [1.29, 1.82) is 5.26 Å². The van der Waals surface area contributed by atoms with E-state index < -0.39 is 12.8 Å². The van der Waals surface area contributed by atoms with Crippen LogP contribution in [0.1, 0.15) is 25.5 Å². The molecule has 7 heteroatoms. The van der Waals surface area contributed by atoms with Gasteiger partial charge in [-0.1, -0.05) is 0 Å². The molecular formula is C15H14F3N3O. The van der Waals surface area contributed by atoms with Gasteiger partial charge in [-0.25, -0.2) is 0 Å². The fourth-order valence-corrected chi connectivity index (χ4v) is 2.02. The predicted octanol–water partition coefficient (Wildman–Crippen LogP) is 3.94. The van der Waals surface area contributed by atoms with Crippen molar-refractivity contribution in [1.82, 2.24) is 9.78 Å². The predicted molar refractivity (Wildman–Crippen MR) is 74.3 cm³/mol. The summed E-state index contributed by atoms with van der Waals surface area (Å²) in [5, 5.41) is 13.1. The summed E-state index contributed by atoms with van der Waals surface area (Å²) < 4.78 is 43.8. The van der Waals surface area contributed by atoms with Gasteiger partial charge in [-0.3, -0.25) is 4.68 Å². The minimum absolute atomic E-state index is 0.0128. The van der Waals surface area contributed by atoms with Crippen LogP contribution in [0.25, 0.3) is 11.3 Å². The SMILES string of the molecule is CC(C)n1nccc1-c1ccc(C#N)cc1OCC(F)(F)F. The van der Waals surface area contributed by atoms with Gasteiger partial charge in [-0.2, -0.15) is 23.5 Å². The number of halogens is 3. The zero-order valence-corrected chi connectivity index (χ0v) is 12.1. The van der Waals surface area contributed by atoms with Crippen molar-refractivity contribution >= 4 is 0 Å². The lowest BCUT2D eigenvalue weighted by Gasteiger charge is -2.16. The number of benzene rings is 1. The maximum absolute atomic E-state index is 12.4. The van der Waals surface area contributed by atoms with Crippen molar-refractivity contribution in [3.8, 4) is 23.1 Å². The summed E-state index contributed by atoms with van der Waals surface area (Å²) in [7, 11) is 0. The molecule has 2 aromatic rings. The highest BCUT2D eigenvalue weighted by molar-refractivity contribution is 5.69. The Morgan fingerprint density at radius 2 is 2.05 bits per heavy atom. The molecule has 0 radical (unpaired) electrons. The van der Waals surface area contributed by atoms with E-state index in [4.69, 9.17) is 10.00 Å². The van der Waals surface area contributed by atoms with E-state index in [1.807, 2.05) is 19.9 Å². The summed E-state index contributed by atoms with van der Waals surface area (Å²) in [4.78, 5) is 0. The highest BCUT2D eigenvalue weighted by Gasteiger charge is 2.29. The van der Waals surface area contributed by atoms with Crippen LogP contribution in [0.4, 0.5) is 13.2 Å². The second-order valence-corrected chi connectivity index (χ2v) is 4.98. The molecule has 0 saturated carbocycles. The average Bonchev–Trinajstić information content (AvgIpc) is 2.93. The molecule has 1 heterocycles. The monoisotopic (exact) mass is 309 g/mol. The molecule has 0 aliphatic heterocycles. The summed E-state index contributed by atoms with van der Waals surface area (Å²) in [6.45, 7) is 2.41. The van der Waals surface area contributed by atoms with Gasteiger partial charge in [0.25, 0.3) is 0 Å². The first-order valence-electron chi connectivity index (χ1n) is 6.59. The molecule has 0 atom stereocenters. The second kappa shape index (κ2) is 6.10. The summed E-state index contributed by atoms with van der Waals surface area (Å²) >= 11 is 0. The highest BCUT2D eigenvalue weighted by atomic mass is 19.4. The minimum Gasteiger partial charge on any atom is -0.483 e. The Morgan fingerprint density at radius 1 is 1.32 bits per heavy atom. The summed E-state index contributed by atoms with van der Waals surface area (Å²) in [6, 6.07) is 8.03. The first-order valence-corrected chi connectivity index (χ1v) is 6.59. The first-order chi connectivity index (χ1) is 10.3. The van der Waals surface area contributed by atoms with Gasteiger partial charge in [-0.05, 0) is 38.1 Å². The number of hydrogen-bond donors (Lipinski definition) is 0. The molecule has 4 nitrogen and oxygen atoms in total. The van der Waals surface area contributed by atoms with Crippen LogP contribution in [-0.2, 0) is 0 Å². The van der Waals surface area contributed by atoms with E-state index in [9.17, 15) is 13.2 Å². The fourth-order valence-electron chi connectivity index (χ4n) is 2.02. The zero-order chi connectivity index (χ0) is 16.3. The second-order valence-electron chi connectivity index (χ2n) is 4.98. The molecule has 0 saturated heterocycles. The van der Waals surface area contributed by atoms with Crippen molar-refractivity contribution in [2.45, 2.75) is 26.1 Å². The van der Waals surface area contributed by atoms with E-state index in [2.05, 4.69) is 5.10 Å². The molecule has 2 rings (SSSR count). The Balaban J connectivity index is 2.46. The Kier molecular flexibility index (Phi) is 4.40. The van der Waals surface area contributed by atoms with Gasteiger partial charge >= 0.3 is 6.18 Å². The summed E-state index contributed by atoms with van der Waals surface area (Å²) in [6.07, 6.45) is -2.88. The molecule has 0 bridgehead atoms. The van der Waals surface area contributed by atoms with Crippen LogP contribution in [0, 0.1) is 11.3 Å². The van der Waals surface area contributed by atoms with Crippen molar-refractivity contribution in [2.75, 3.05) is 6.61 Å². The maximum atomic E-state index is 12.4. The molecule has 0 spiro atoms. The smallest absolute Gasteiger partial charge is 0.422 e. The van der Waals surface area contributed by atoms with Crippen LogP contribution in [-0.4, -0.2) is 22.6 Å². The van der Waals surface area contributed by atoms with E-state index in [0.29, 0.717) is 11.3 Å². The standard InChI is InChI=1S/C15H14F3N3O/c1-10(2)21-13(5-6-20-21)12-4-3-11(8-19)7-14(12)22-9-15(16,17)18/h3-7,10H,9H2,1-2H3. The lowest BCUT2D eigenvalue weighted by Crippen LogP contribution is -2.19. The fraction of sp³-hybridized carbons (Fsp3) is 0.333. The van der Waals surface area contributed by atoms with Crippen LogP contribution < -0.4 is 4.74 Å². The van der Waals surface area contributed by atoms with Gasteiger partial charge in [0.2, 0.25) is 0 Å². The maximum Gasteiger partial charge on any atom is 0.422 e. The Labute approximate surface area is 125 Å². The van der Waals surface area contributed by atoms with Gasteiger partial charge in [0.15, 0.2) is 6.61 Å². The average molecular weight is 309 g/mol. The van der Waals surface area contributed by atoms with Crippen molar-refractivity contribution < 1.29 is 17.9 Å². The third-order valence-corrected chi connectivity index (χ3v) is 2.94. The third kappa shape index (κ3) is 3.58. The van der Waals surface area contributed by atoms with E-state index in [1.54, 1.807) is 23.0 Å². The molecule has 22 heavy (non-hydrogen) atoms. The van der Waals surface area contributed by atoms with Crippen LogP contribution in [0.3, 0.4) is 0 Å². The van der Waals surface area contributed by atoms with Crippen molar-refractivity contribution in [3.63, 3.8) is 0 Å². The number of nitrogens with zero attached hydrogens (tertiary/aromatic N) is 3. The van der Waals surface area contributed by atoms with Crippen LogP contribution in [0.2, 0.25) is 0 Å².